The van der Waals surface area contributed by atoms with E-state index in [4.69, 9.17) is 14.2 Å². The molecular formula is C14H17FO3. The Morgan fingerprint density at radius 1 is 1.28 bits per heavy atom. The van der Waals surface area contributed by atoms with Gasteiger partial charge in [0.1, 0.15) is 23.8 Å². The second-order valence-corrected chi connectivity index (χ2v) is 5.31. The van der Waals surface area contributed by atoms with Gasteiger partial charge in [0.15, 0.2) is 5.79 Å². The average Bonchev–Trinajstić information content (AvgIpc) is 2.69. The zero-order chi connectivity index (χ0) is 12.8. The van der Waals surface area contributed by atoms with Crippen molar-refractivity contribution < 1.29 is 18.6 Å². The maximum Gasteiger partial charge on any atom is 0.163 e. The van der Waals surface area contributed by atoms with E-state index in [-0.39, 0.29) is 18.0 Å². The standard InChI is InChI=1S/C14H17FO3/c1-14(2)16-8-13(18-14)12-5-3-9-7-10(15)4-6-11(9)17-12/h4,6-7,12-13H,3,5,8H2,1-2H3. The highest BCUT2D eigenvalue weighted by Crippen LogP contribution is 2.33. The highest BCUT2D eigenvalue weighted by molar-refractivity contribution is 5.36. The summed E-state index contributed by atoms with van der Waals surface area (Å²) in [4.78, 5) is 0. The smallest absolute Gasteiger partial charge is 0.163 e. The maximum atomic E-state index is 13.1. The van der Waals surface area contributed by atoms with E-state index in [1.54, 1.807) is 12.1 Å². The summed E-state index contributed by atoms with van der Waals surface area (Å²) in [6.45, 7) is 4.35. The van der Waals surface area contributed by atoms with E-state index in [1.807, 2.05) is 13.8 Å². The van der Waals surface area contributed by atoms with Crippen LogP contribution in [0.15, 0.2) is 18.2 Å². The van der Waals surface area contributed by atoms with Gasteiger partial charge in [-0.1, -0.05) is 0 Å². The molecule has 0 amide bonds. The Bertz CT molecular complexity index is 458. The largest absolute Gasteiger partial charge is 0.487 e. The summed E-state index contributed by atoms with van der Waals surface area (Å²) in [6, 6.07) is 4.66. The summed E-state index contributed by atoms with van der Waals surface area (Å²) in [7, 11) is 0. The maximum absolute atomic E-state index is 13.1. The normalized spacial score (nSPS) is 29.7. The van der Waals surface area contributed by atoms with Crippen molar-refractivity contribution in [3.8, 4) is 5.75 Å². The SMILES string of the molecule is CC1(C)OCC(C2CCc3cc(F)ccc3O2)O1. The van der Waals surface area contributed by atoms with Gasteiger partial charge in [-0.15, -0.1) is 0 Å². The molecule has 1 aromatic carbocycles. The minimum Gasteiger partial charge on any atom is -0.487 e. The Hall–Kier alpha value is -1.13. The molecule has 0 aromatic heterocycles. The van der Waals surface area contributed by atoms with E-state index in [0.29, 0.717) is 6.61 Å². The van der Waals surface area contributed by atoms with E-state index in [0.717, 1.165) is 24.2 Å². The zero-order valence-electron chi connectivity index (χ0n) is 10.6. The van der Waals surface area contributed by atoms with Crippen LogP contribution in [0.5, 0.6) is 5.75 Å². The number of benzene rings is 1. The van der Waals surface area contributed by atoms with Crippen LogP contribution in [0.2, 0.25) is 0 Å². The summed E-state index contributed by atoms with van der Waals surface area (Å²) < 4.78 is 30.3. The number of rotatable bonds is 1. The number of hydrogen-bond donors (Lipinski definition) is 0. The third-order valence-corrected chi connectivity index (χ3v) is 3.44. The lowest BCUT2D eigenvalue weighted by atomic mass is 9.99. The van der Waals surface area contributed by atoms with Crippen LogP contribution in [0.3, 0.4) is 0 Å². The Kier molecular flexibility index (Phi) is 2.79. The Balaban J connectivity index is 1.74. The van der Waals surface area contributed by atoms with Crippen LogP contribution in [0.25, 0.3) is 0 Å². The fraction of sp³-hybridized carbons (Fsp3) is 0.571. The molecule has 2 atom stereocenters. The number of aryl methyl sites for hydroxylation is 1. The molecule has 4 heteroatoms. The first-order valence-electron chi connectivity index (χ1n) is 6.30. The molecule has 1 fully saturated rings. The molecule has 2 heterocycles. The van der Waals surface area contributed by atoms with Gasteiger partial charge in [-0.05, 0) is 50.5 Å². The van der Waals surface area contributed by atoms with Gasteiger partial charge in [-0.25, -0.2) is 4.39 Å². The van der Waals surface area contributed by atoms with Gasteiger partial charge in [0.2, 0.25) is 0 Å². The average molecular weight is 252 g/mol. The predicted molar refractivity (Wildman–Crippen MR) is 64.0 cm³/mol. The van der Waals surface area contributed by atoms with Crippen molar-refractivity contribution in [2.24, 2.45) is 0 Å². The van der Waals surface area contributed by atoms with E-state index >= 15 is 0 Å². The summed E-state index contributed by atoms with van der Waals surface area (Å²) >= 11 is 0. The summed E-state index contributed by atoms with van der Waals surface area (Å²) in [5.74, 6) is 0.0234. The van der Waals surface area contributed by atoms with E-state index in [9.17, 15) is 4.39 Å². The molecule has 98 valence electrons. The fourth-order valence-electron chi connectivity index (χ4n) is 2.54. The lowest BCUT2D eigenvalue weighted by Gasteiger charge is -2.30. The third kappa shape index (κ3) is 2.22. The molecule has 3 rings (SSSR count). The molecular weight excluding hydrogens is 235 g/mol. The Morgan fingerprint density at radius 3 is 2.83 bits per heavy atom. The van der Waals surface area contributed by atoms with Crippen LogP contribution in [0.1, 0.15) is 25.8 Å². The molecule has 0 N–H and O–H groups in total. The van der Waals surface area contributed by atoms with E-state index < -0.39 is 5.79 Å². The van der Waals surface area contributed by atoms with E-state index in [2.05, 4.69) is 0 Å². The Morgan fingerprint density at radius 2 is 2.11 bits per heavy atom. The first-order chi connectivity index (χ1) is 8.53. The van der Waals surface area contributed by atoms with Gasteiger partial charge < -0.3 is 14.2 Å². The van der Waals surface area contributed by atoms with Crippen LogP contribution < -0.4 is 4.74 Å². The molecule has 1 aromatic rings. The summed E-state index contributed by atoms with van der Waals surface area (Å²) in [5, 5.41) is 0. The lowest BCUT2D eigenvalue weighted by molar-refractivity contribution is -0.149. The number of hydrogen-bond acceptors (Lipinski definition) is 3. The quantitative estimate of drug-likeness (QED) is 0.769. The van der Waals surface area contributed by atoms with Crippen molar-refractivity contribution in [3.63, 3.8) is 0 Å². The highest BCUT2D eigenvalue weighted by atomic mass is 19.1. The van der Waals surface area contributed by atoms with Crippen molar-refractivity contribution in [1.29, 1.82) is 0 Å². The van der Waals surface area contributed by atoms with Crippen LogP contribution in [0, 0.1) is 5.82 Å². The van der Waals surface area contributed by atoms with Gasteiger partial charge in [0, 0.05) is 0 Å². The van der Waals surface area contributed by atoms with Gasteiger partial charge in [-0.3, -0.25) is 0 Å². The number of ether oxygens (including phenoxy) is 3. The minimum atomic E-state index is -0.531. The number of fused-ring (bicyclic) bond motifs is 1. The van der Waals surface area contributed by atoms with Gasteiger partial charge in [0.25, 0.3) is 0 Å². The molecule has 1 saturated heterocycles. The second-order valence-electron chi connectivity index (χ2n) is 5.31. The van der Waals surface area contributed by atoms with Crippen molar-refractivity contribution in [2.75, 3.05) is 6.61 Å². The van der Waals surface area contributed by atoms with Gasteiger partial charge >= 0.3 is 0 Å². The van der Waals surface area contributed by atoms with Crippen LogP contribution >= 0.6 is 0 Å². The highest BCUT2D eigenvalue weighted by Gasteiger charge is 2.39. The molecule has 0 spiro atoms. The first kappa shape index (κ1) is 11.9. The second kappa shape index (κ2) is 4.21. The zero-order valence-corrected chi connectivity index (χ0v) is 10.6. The third-order valence-electron chi connectivity index (χ3n) is 3.44. The molecule has 0 aliphatic carbocycles. The first-order valence-corrected chi connectivity index (χ1v) is 6.30. The molecule has 2 unspecified atom stereocenters. The molecule has 0 radical (unpaired) electrons. The summed E-state index contributed by atoms with van der Waals surface area (Å²) in [6.07, 6.45) is 1.60. The van der Waals surface area contributed by atoms with Crippen molar-refractivity contribution in [2.45, 2.75) is 44.7 Å². The van der Waals surface area contributed by atoms with Crippen molar-refractivity contribution >= 4 is 0 Å². The van der Waals surface area contributed by atoms with Crippen molar-refractivity contribution in [3.05, 3.63) is 29.6 Å². The molecule has 2 aliphatic heterocycles. The van der Waals surface area contributed by atoms with Gasteiger partial charge in [0.05, 0.1) is 6.61 Å². The molecule has 0 bridgehead atoms. The lowest BCUT2D eigenvalue weighted by Crippen LogP contribution is -2.37. The number of halogens is 1. The van der Waals surface area contributed by atoms with E-state index in [1.165, 1.54) is 6.07 Å². The Labute approximate surface area is 106 Å². The van der Waals surface area contributed by atoms with Crippen LogP contribution in [-0.2, 0) is 15.9 Å². The molecule has 3 nitrogen and oxygen atoms in total. The predicted octanol–water partition coefficient (Wildman–Crippen LogP) is 2.67. The monoisotopic (exact) mass is 252 g/mol. The van der Waals surface area contributed by atoms with Crippen molar-refractivity contribution in [1.82, 2.24) is 0 Å². The molecule has 2 aliphatic rings. The van der Waals surface area contributed by atoms with Crippen LogP contribution in [0.4, 0.5) is 4.39 Å². The minimum absolute atomic E-state index is 0.00950. The fourth-order valence-corrected chi connectivity index (χ4v) is 2.54. The van der Waals surface area contributed by atoms with Crippen LogP contribution in [-0.4, -0.2) is 24.6 Å². The topological polar surface area (TPSA) is 27.7 Å². The summed E-state index contributed by atoms with van der Waals surface area (Å²) in [5.41, 5.74) is 0.935. The molecule has 0 saturated carbocycles. The molecule has 18 heavy (non-hydrogen) atoms. The van der Waals surface area contributed by atoms with Gasteiger partial charge in [-0.2, -0.15) is 0 Å².